The van der Waals surface area contributed by atoms with Gasteiger partial charge in [0.15, 0.2) is 0 Å². The molecule has 1 N–H and O–H groups in total. The quantitative estimate of drug-likeness (QED) is 0.783. The molecule has 1 saturated carbocycles. The van der Waals surface area contributed by atoms with Crippen LogP contribution >= 0.6 is 0 Å². The number of hydrogen-bond acceptors (Lipinski definition) is 4. The third-order valence-electron chi connectivity index (χ3n) is 4.82. The van der Waals surface area contributed by atoms with Gasteiger partial charge >= 0.3 is 0 Å². The molecule has 2 fully saturated rings. The fourth-order valence-corrected chi connectivity index (χ4v) is 4.69. The van der Waals surface area contributed by atoms with Crippen LogP contribution < -0.4 is 4.72 Å². The SMILES string of the molecule is O=CN1CCN(C(=O)c2cccc(S(=O)(=O)NC3CCCC3)c2)CC1. The first-order chi connectivity index (χ1) is 12.0. The van der Waals surface area contributed by atoms with Crippen molar-refractivity contribution in [2.75, 3.05) is 26.2 Å². The molecule has 1 aromatic carbocycles. The molecule has 3 rings (SSSR count). The van der Waals surface area contributed by atoms with Crippen molar-refractivity contribution < 1.29 is 18.0 Å². The van der Waals surface area contributed by atoms with Gasteiger partial charge in [0.1, 0.15) is 0 Å². The number of carbonyl (C=O) groups is 2. The van der Waals surface area contributed by atoms with Gasteiger partial charge in [0.25, 0.3) is 5.91 Å². The van der Waals surface area contributed by atoms with Crippen LogP contribution in [0.2, 0.25) is 0 Å². The van der Waals surface area contributed by atoms with Crippen LogP contribution in [0, 0.1) is 0 Å². The molecular weight excluding hydrogens is 342 g/mol. The zero-order chi connectivity index (χ0) is 17.9. The Hall–Kier alpha value is -1.93. The van der Waals surface area contributed by atoms with Gasteiger partial charge in [-0.15, -0.1) is 0 Å². The standard InChI is InChI=1S/C17H23N3O4S/c21-13-19-8-10-20(11-9-19)17(22)14-4-3-7-16(12-14)25(23,24)18-15-5-1-2-6-15/h3-4,7,12-13,15,18H,1-2,5-6,8-11H2. The first kappa shape index (κ1) is 17.9. The van der Waals surface area contributed by atoms with E-state index in [4.69, 9.17) is 0 Å². The Bertz CT molecular complexity index is 736. The molecule has 1 saturated heterocycles. The smallest absolute Gasteiger partial charge is 0.254 e. The first-order valence-electron chi connectivity index (χ1n) is 8.60. The number of carbonyl (C=O) groups excluding carboxylic acids is 2. The number of amides is 2. The van der Waals surface area contributed by atoms with Crippen LogP contribution in [0.15, 0.2) is 29.2 Å². The van der Waals surface area contributed by atoms with Crippen LogP contribution in [0.1, 0.15) is 36.0 Å². The van der Waals surface area contributed by atoms with Gasteiger partial charge in [-0.25, -0.2) is 13.1 Å². The zero-order valence-electron chi connectivity index (χ0n) is 14.1. The summed E-state index contributed by atoms with van der Waals surface area (Å²) in [5.41, 5.74) is 0.355. The van der Waals surface area contributed by atoms with E-state index >= 15 is 0 Å². The molecule has 0 bridgehead atoms. The number of sulfonamides is 1. The van der Waals surface area contributed by atoms with E-state index in [1.54, 1.807) is 21.9 Å². The van der Waals surface area contributed by atoms with Gasteiger partial charge in [0.05, 0.1) is 4.90 Å². The van der Waals surface area contributed by atoms with Gasteiger partial charge in [-0.1, -0.05) is 18.9 Å². The van der Waals surface area contributed by atoms with Gasteiger partial charge < -0.3 is 9.80 Å². The third kappa shape index (κ3) is 4.19. The number of hydrogen-bond donors (Lipinski definition) is 1. The van der Waals surface area contributed by atoms with E-state index in [1.807, 2.05) is 0 Å². The first-order valence-corrected chi connectivity index (χ1v) is 10.1. The van der Waals surface area contributed by atoms with Crippen LogP contribution in [0.4, 0.5) is 0 Å². The Balaban J connectivity index is 1.72. The molecule has 0 radical (unpaired) electrons. The predicted octanol–water partition coefficient (Wildman–Crippen LogP) is 0.822. The topological polar surface area (TPSA) is 86.8 Å². The molecule has 0 atom stereocenters. The maximum absolute atomic E-state index is 12.6. The van der Waals surface area contributed by atoms with Crippen LogP contribution in [0.25, 0.3) is 0 Å². The Morgan fingerprint density at radius 3 is 2.44 bits per heavy atom. The summed E-state index contributed by atoms with van der Waals surface area (Å²) in [4.78, 5) is 26.8. The van der Waals surface area contributed by atoms with Gasteiger partial charge in [0, 0.05) is 37.8 Å². The van der Waals surface area contributed by atoms with Crippen molar-refractivity contribution in [3.63, 3.8) is 0 Å². The average Bonchev–Trinajstić information content (AvgIpc) is 3.13. The molecule has 1 aromatic rings. The maximum Gasteiger partial charge on any atom is 0.254 e. The summed E-state index contributed by atoms with van der Waals surface area (Å²) in [7, 11) is -3.62. The van der Waals surface area contributed by atoms with Crippen molar-refractivity contribution in [2.45, 2.75) is 36.6 Å². The second kappa shape index (κ2) is 7.53. The summed E-state index contributed by atoms with van der Waals surface area (Å²) in [6.45, 7) is 1.90. The summed E-state index contributed by atoms with van der Waals surface area (Å²) >= 11 is 0. The van der Waals surface area contributed by atoms with Crippen LogP contribution in [0.5, 0.6) is 0 Å². The minimum Gasteiger partial charge on any atom is -0.342 e. The Morgan fingerprint density at radius 2 is 1.80 bits per heavy atom. The van der Waals surface area contributed by atoms with Gasteiger partial charge in [0.2, 0.25) is 16.4 Å². The monoisotopic (exact) mass is 365 g/mol. The van der Waals surface area contributed by atoms with Crippen LogP contribution in [-0.4, -0.2) is 62.8 Å². The Morgan fingerprint density at radius 1 is 1.12 bits per heavy atom. The van der Waals surface area contributed by atoms with Crippen molar-refractivity contribution >= 4 is 22.3 Å². The number of benzene rings is 1. The second-order valence-electron chi connectivity index (χ2n) is 6.56. The molecule has 8 heteroatoms. The highest BCUT2D eigenvalue weighted by atomic mass is 32.2. The molecule has 2 amide bonds. The van der Waals surface area contributed by atoms with E-state index in [0.29, 0.717) is 31.7 Å². The van der Waals surface area contributed by atoms with E-state index < -0.39 is 10.0 Å². The number of piperazine rings is 1. The van der Waals surface area contributed by atoms with E-state index in [1.165, 1.54) is 12.1 Å². The molecule has 1 heterocycles. The van der Waals surface area contributed by atoms with E-state index in [9.17, 15) is 18.0 Å². The normalized spacial score (nSPS) is 19.2. The highest BCUT2D eigenvalue weighted by Gasteiger charge is 2.25. The number of nitrogens with one attached hydrogen (secondary N) is 1. The fourth-order valence-electron chi connectivity index (χ4n) is 3.34. The zero-order valence-corrected chi connectivity index (χ0v) is 14.9. The van der Waals surface area contributed by atoms with Crippen molar-refractivity contribution in [2.24, 2.45) is 0 Å². The van der Waals surface area contributed by atoms with Crippen LogP contribution in [0.3, 0.4) is 0 Å². The lowest BCUT2D eigenvalue weighted by atomic mass is 10.2. The van der Waals surface area contributed by atoms with E-state index in [0.717, 1.165) is 32.1 Å². The lowest BCUT2D eigenvalue weighted by Gasteiger charge is -2.32. The lowest BCUT2D eigenvalue weighted by molar-refractivity contribution is -0.119. The van der Waals surface area contributed by atoms with E-state index in [2.05, 4.69) is 4.72 Å². The summed E-state index contributed by atoms with van der Waals surface area (Å²) in [6.07, 6.45) is 4.58. The van der Waals surface area contributed by atoms with Gasteiger partial charge in [-0.2, -0.15) is 0 Å². The maximum atomic E-state index is 12.6. The highest BCUT2D eigenvalue weighted by molar-refractivity contribution is 7.89. The molecular formula is C17H23N3O4S. The van der Waals surface area contributed by atoms with Crippen molar-refractivity contribution in [3.05, 3.63) is 29.8 Å². The summed E-state index contributed by atoms with van der Waals surface area (Å²) in [5, 5.41) is 0. The predicted molar refractivity (Wildman–Crippen MR) is 92.6 cm³/mol. The molecule has 1 aliphatic carbocycles. The highest BCUT2D eigenvalue weighted by Crippen LogP contribution is 2.21. The van der Waals surface area contributed by atoms with Crippen molar-refractivity contribution in [1.29, 1.82) is 0 Å². The minimum absolute atomic E-state index is 0.0132. The van der Waals surface area contributed by atoms with Gasteiger partial charge in [-0.05, 0) is 31.0 Å². The molecule has 0 aromatic heterocycles. The van der Waals surface area contributed by atoms with Crippen molar-refractivity contribution in [1.82, 2.24) is 14.5 Å². The summed E-state index contributed by atoms with van der Waals surface area (Å²) < 4.78 is 27.8. The largest absolute Gasteiger partial charge is 0.342 e. The van der Waals surface area contributed by atoms with Crippen molar-refractivity contribution in [3.8, 4) is 0 Å². The lowest BCUT2D eigenvalue weighted by Crippen LogP contribution is -2.48. The Kier molecular flexibility index (Phi) is 5.39. The molecule has 0 unspecified atom stereocenters. The summed E-state index contributed by atoms with van der Waals surface area (Å²) in [5.74, 6) is -0.205. The summed E-state index contributed by atoms with van der Waals surface area (Å²) in [6, 6.07) is 6.16. The number of nitrogens with zero attached hydrogens (tertiary/aromatic N) is 2. The molecule has 7 nitrogen and oxygen atoms in total. The van der Waals surface area contributed by atoms with Crippen LogP contribution in [-0.2, 0) is 14.8 Å². The molecule has 0 spiro atoms. The second-order valence-corrected chi connectivity index (χ2v) is 8.28. The molecule has 1 aliphatic heterocycles. The molecule has 2 aliphatic rings. The average molecular weight is 365 g/mol. The third-order valence-corrected chi connectivity index (χ3v) is 6.34. The fraction of sp³-hybridized carbons (Fsp3) is 0.529. The molecule has 136 valence electrons. The van der Waals surface area contributed by atoms with E-state index in [-0.39, 0.29) is 16.8 Å². The molecule has 25 heavy (non-hydrogen) atoms. The van der Waals surface area contributed by atoms with Gasteiger partial charge in [-0.3, -0.25) is 9.59 Å². The number of rotatable bonds is 5. The minimum atomic E-state index is -3.62. The Labute approximate surface area is 148 Å².